The fraction of sp³-hybridized carbons (Fsp3) is 0.0133. The molecule has 2 aliphatic carbocycles. The van der Waals surface area contributed by atoms with E-state index in [1.54, 1.807) is 0 Å². The number of benzene rings is 13. The van der Waals surface area contributed by atoms with Crippen molar-refractivity contribution in [3.05, 3.63) is 313 Å². The summed E-state index contributed by atoms with van der Waals surface area (Å²) in [7, 11) is 0. The Morgan fingerprint density at radius 1 is 0.247 bits per heavy atom. The highest BCUT2D eigenvalue weighted by molar-refractivity contribution is 6.22. The third kappa shape index (κ3) is 6.37. The van der Waals surface area contributed by atoms with Gasteiger partial charge in [0.2, 0.25) is 0 Å². The molecule has 1 heterocycles. The average molecular weight is 977 g/mol. The largest absolute Gasteiger partial charge is 0.310 e. The number of para-hydroxylation sites is 3. The van der Waals surface area contributed by atoms with Gasteiger partial charge in [-0.15, -0.1) is 0 Å². The summed E-state index contributed by atoms with van der Waals surface area (Å²) >= 11 is 0. The van der Waals surface area contributed by atoms with Crippen LogP contribution in [0.5, 0.6) is 0 Å². The molecule has 1 aromatic heterocycles. The minimum absolute atomic E-state index is 0.581. The normalized spacial score (nSPS) is 12.8. The number of rotatable bonds is 7. The minimum Gasteiger partial charge on any atom is -0.310 e. The summed E-state index contributed by atoms with van der Waals surface area (Å²) in [6.45, 7) is 0. The zero-order chi connectivity index (χ0) is 50.6. The second-order valence-corrected chi connectivity index (χ2v) is 20.7. The molecule has 0 fully saturated rings. The maximum absolute atomic E-state index is 2.53. The molecule has 0 unspecified atom stereocenters. The van der Waals surface area contributed by atoms with Crippen molar-refractivity contribution in [2.75, 3.05) is 4.90 Å². The van der Waals surface area contributed by atoms with Gasteiger partial charge in [0.25, 0.3) is 0 Å². The van der Waals surface area contributed by atoms with Gasteiger partial charge >= 0.3 is 0 Å². The van der Waals surface area contributed by atoms with Gasteiger partial charge in [-0.1, -0.05) is 218 Å². The molecule has 0 aliphatic heterocycles. The van der Waals surface area contributed by atoms with Crippen molar-refractivity contribution in [2.24, 2.45) is 0 Å². The van der Waals surface area contributed by atoms with Crippen LogP contribution in [0.3, 0.4) is 0 Å². The fourth-order valence-electron chi connectivity index (χ4n) is 13.6. The van der Waals surface area contributed by atoms with E-state index in [0.717, 1.165) is 22.7 Å². The molecule has 0 N–H and O–H groups in total. The van der Waals surface area contributed by atoms with Gasteiger partial charge in [0.15, 0.2) is 0 Å². The highest BCUT2D eigenvalue weighted by Crippen LogP contribution is 2.64. The predicted molar refractivity (Wildman–Crippen MR) is 323 cm³/mol. The van der Waals surface area contributed by atoms with Gasteiger partial charge < -0.3 is 9.47 Å². The van der Waals surface area contributed by atoms with Gasteiger partial charge in [-0.2, -0.15) is 0 Å². The first-order chi connectivity index (χ1) is 38.2. The van der Waals surface area contributed by atoms with Crippen LogP contribution in [0.1, 0.15) is 22.3 Å². The molecule has 2 aliphatic rings. The smallest absolute Gasteiger partial charge is 0.0726 e. The fourth-order valence-corrected chi connectivity index (χ4v) is 13.6. The summed E-state index contributed by atoms with van der Waals surface area (Å²) in [6, 6.07) is 108. The SMILES string of the molecule is c1ccc(-c2c3ccccc3c(-c3ccccc3)c3cc(-c4ccc5c(c4)C4(c6ccccc6-c6ccccc64)c4cc(N(c6ccccc6)c6ccc7c(c6)c6ccccc6n7-c6ccccc6)ccc4-5)ccc23)cc1. The van der Waals surface area contributed by atoms with Crippen molar-refractivity contribution in [1.29, 1.82) is 0 Å². The van der Waals surface area contributed by atoms with Crippen molar-refractivity contribution in [3.8, 4) is 61.3 Å². The zero-order valence-corrected chi connectivity index (χ0v) is 42.1. The van der Waals surface area contributed by atoms with Gasteiger partial charge in [0.1, 0.15) is 0 Å². The quantitative estimate of drug-likeness (QED) is 0.145. The molecule has 1 spiro atoms. The van der Waals surface area contributed by atoms with Gasteiger partial charge in [-0.05, 0) is 172 Å². The number of nitrogens with zero attached hydrogens (tertiary/aromatic N) is 2. The highest BCUT2D eigenvalue weighted by atomic mass is 15.1. The Labute approximate surface area is 447 Å². The lowest BCUT2D eigenvalue weighted by Gasteiger charge is -2.32. The van der Waals surface area contributed by atoms with Gasteiger partial charge in [0, 0.05) is 33.5 Å². The highest BCUT2D eigenvalue weighted by Gasteiger charge is 2.52. The predicted octanol–water partition coefficient (Wildman–Crippen LogP) is 19.9. The van der Waals surface area contributed by atoms with Crippen molar-refractivity contribution in [2.45, 2.75) is 5.41 Å². The minimum atomic E-state index is -0.581. The molecule has 0 saturated carbocycles. The Kier molecular flexibility index (Phi) is 9.58. The van der Waals surface area contributed by atoms with Crippen molar-refractivity contribution in [1.82, 2.24) is 4.57 Å². The van der Waals surface area contributed by atoms with E-state index < -0.39 is 5.41 Å². The van der Waals surface area contributed by atoms with Gasteiger partial charge in [-0.3, -0.25) is 0 Å². The van der Waals surface area contributed by atoms with Crippen LogP contribution in [-0.4, -0.2) is 4.57 Å². The van der Waals surface area contributed by atoms with Crippen LogP contribution in [0.4, 0.5) is 17.1 Å². The lowest BCUT2D eigenvalue weighted by atomic mass is 9.70. The lowest BCUT2D eigenvalue weighted by molar-refractivity contribution is 0.794. The molecule has 0 amide bonds. The zero-order valence-electron chi connectivity index (χ0n) is 42.1. The van der Waals surface area contributed by atoms with Crippen LogP contribution in [0.2, 0.25) is 0 Å². The van der Waals surface area contributed by atoms with Crippen LogP contribution >= 0.6 is 0 Å². The molecule has 14 aromatic rings. The summed E-state index contributed by atoms with van der Waals surface area (Å²) in [5.74, 6) is 0. The first-order valence-electron chi connectivity index (χ1n) is 26.7. The molecule has 77 heavy (non-hydrogen) atoms. The number of aromatic nitrogens is 1. The van der Waals surface area contributed by atoms with E-state index in [1.165, 1.54) is 121 Å². The third-order valence-corrected chi connectivity index (χ3v) is 16.8. The summed E-state index contributed by atoms with van der Waals surface area (Å²) < 4.78 is 2.39. The van der Waals surface area contributed by atoms with E-state index in [9.17, 15) is 0 Å². The first-order valence-corrected chi connectivity index (χ1v) is 26.7. The molecule has 0 atom stereocenters. The number of anilines is 3. The molecule has 2 nitrogen and oxygen atoms in total. The van der Waals surface area contributed by atoms with E-state index in [4.69, 9.17) is 0 Å². The van der Waals surface area contributed by atoms with E-state index in [0.29, 0.717) is 0 Å². The molecule has 0 bridgehead atoms. The average Bonchev–Trinajstić information content (AvgIpc) is 3.79. The monoisotopic (exact) mass is 976 g/mol. The number of hydrogen-bond acceptors (Lipinski definition) is 1. The van der Waals surface area contributed by atoms with Crippen LogP contribution in [0.15, 0.2) is 291 Å². The Hall–Kier alpha value is -10.0. The van der Waals surface area contributed by atoms with E-state index in [2.05, 4.69) is 301 Å². The molecule has 0 saturated heterocycles. The van der Waals surface area contributed by atoms with Crippen LogP contribution in [0, 0.1) is 0 Å². The Balaban J connectivity index is 0.921. The Bertz CT molecular complexity index is 4620. The van der Waals surface area contributed by atoms with Gasteiger partial charge in [0.05, 0.1) is 16.4 Å². The second-order valence-electron chi connectivity index (χ2n) is 20.7. The molecular weight excluding hydrogens is 929 g/mol. The lowest BCUT2D eigenvalue weighted by Crippen LogP contribution is -2.26. The molecular formula is C75H48N2. The number of fused-ring (bicyclic) bond motifs is 15. The summed E-state index contributed by atoms with van der Waals surface area (Å²) in [5.41, 5.74) is 24.0. The van der Waals surface area contributed by atoms with Gasteiger partial charge in [-0.25, -0.2) is 0 Å². The molecule has 0 radical (unpaired) electrons. The maximum atomic E-state index is 2.53. The van der Waals surface area contributed by atoms with E-state index in [1.807, 2.05) is 0 Å². The Morgan fingerprint density at radius 3 is 1.38 bits per heavy atom. The summed E-state index contributed by atoms with van der Waals surface area (Å²) in [5, 5.41) is 7.45. The molecule has 16 rings (SSSR count). The van der Waals surface area contributed by atoms with E-state index >= 15 is 0 Å². The standard InChI is InChI=1S/C75H48N2/c1-5-21-49(22-6-1)73-62-32-13-14-33-63(62)74(50-23-7-2-8-24-50)66-45-51(38-42-64(66)73)52-37-41-59-60-43-39-56(48-70(60)75(69(59)46-52)67-34-18-15-29-57(67)58-30-16-19-35-68(58)75)76(53-25-9-3-10-26-53)55-40-44-72-65(47-55)61-31-17-20-36-71(61)77(72)54-27-11-4-12-28-54/h1-48H. The van der Waals surface area contributed by atoms with Crippen LogP contribution in [0.25, 0.3) is 105 Å². The van der Waals surface area contributed by atoms with Crippen LogP contribution in [-0.2, 0) is 5.41 Å². The maximum Gasteiger partial charge on any atom is 0.0726 e. The third-order valence-electron chi connectivity index (χ3n) is 16.8. The summed E-state index contributed by atoms with van der Waals surface area (Å²) in [4.78, 5) is 2.45. The van der Waals surface area contributed by atoms with Crippen molar-refractivity contribution >= 4 is 60.4 Å². The molecule has 358 valence electrons. The first kappa shape index (κ1) is 43.4. The van der Waals surface area contributed by atoms with E-state index in [-0.39, 0.29) is 0 Å². The second kappa shape index (κ2) is 17.0. The van der Waals surface area contributed by atoms with Crippen LogP contribution < -0.4 is 4.90 Å². The van der Waals surface area contributed by atoms with Crippen molar-refractivity contribution < 1.29 is 0 Å². The molecule has 2 heteroatoms. The van der Waals surface area contributed by atoms with Crippen molar-refractivity contribution in [3.63, 3.8) is 0 Å². The molecule has 13 aromatic carbocycles. The Morgan fingerprint density at radius 2 is 0.701 bits per heavy atom. The number of hydrogen-bond donors (Lipinski definition) is 0. The topological polar surface area (TPSA) is 8.17 Å². The summed E-state index contributed by atoms with van der Waals surface area (Å²) in [6.07, 6.45) is 0.